The molecule has 0 unspecified atom stereocenters. The van der Waals surface area contributed by atoms with Gasteiger partial charge in [-0.3, -0.25) is 0 Å². The molecule has 96 valence electrons. The fourth-order valence-corrected chi connectivity index (χ4v) is 3.73. The lowest BCUT2D eigenvalue weighted by Crippen LogP contribution is -2.42. The molecule has 1 aliphatic rings. The van der Waals surface area contributed by atoms with Crippen molar-refractivity contribution in [1.29, 1.82) is 0 Å². The highest BCUT2D eigenvalue weighted by Crippen LogP contribution is 2.33. The molecule has 2 nitrogen and oxygen atoms in total. The van der Waals surface area contributed by atoms with Gasteiger partial charge in [0.15, 0.2) is 0 Å². The third-order valence-electron chi connectivity index (χ3n) is 3.61. The molecule has 1 N–H and O–H groups in total. The van der Waals surface area contributed by atoms with E-state index in [0.717, 1.165) is 32.6 Å². The van der Waals surface area contributed by atoms with Crippen molar-refractivity contribution in [2.24, 2.45) is 0 Å². The van der Waals surface area contributed by atoms with E-state index >= 15 is 0 Å². The summed E-state index contributed by atoms with van der Waals surface area (Å²) in [6.45, 7) is 5.15. The van der Waals surface area contributed by atoms with Crippen LogP contribution in [0.3, 0.4) is 0 Å². The average Bonchev–Trinajstić information content (AvgIpc) is 2.91. The van der Waals surface area contributed by atoms with Crippen molar-refractivity contribution in [3.8, 4) is 0 Å². The first kappa shape index (κ1) is 13.4. The Morgan fingerprint density at radius 2 is 2.29 bits per heavy atom. The molecule has 1 atom stereocenters. The first-order valence-electron chi connectivity index (χ1n) is 6.14. The topological polar surface area (TPSA) is 21.3 Å². The molecule has 17 heavy (non-hydrogen) atoms. The molecule has 1 aromatic rings. The summed E-state index contributed by atoms with van der Waals surface area (Å²) in [5.74, 6) is 0. The Morgan fingerprint density at radius 3 is 2.88 bits per heavy atom. The second-order valence-corrected chi connectivity index (χ2v) is 6.71. The Kier molecular flexibility index (Phi) is 4.91. The van der Waals surface area contributed by atoms with Gasteiger partial charge < -0.3 is 10.1 Å². The predicted molar refractivity (Wildman–Crippen MR) is 77.0 cm³/mol. The van der Waals surface area contributed by atoms with E-state index in [4.69, 9.17) is 4.74 Å². The Labute approximate surface area is 112 Å². The Bertz CT molecular complexity index is 320. The van der Waals surface area contributed by atoms with Gasteiger partial charge in [-0.25, -0.2) is 0 Å². The van der Waals surface area contributed by atoms with Gasteiger partial charge in [0.2, 0.25) is 0 Å². The third kappa shape index (κ3) is 3.47. The van der Waals surface area contributed by atoms with E-state index < -0.39 is 0 Å². The van der Waals surface area contributed by atoms with E-state index in [2.05, 4.69) is 35.3 Å². The highest BCUT2D eigenvalue weighted by atomic mass is 32.2. The van der Waals surface area contributed by atoms with Gasteiger partial charge in [0, 0.05) is 30.5 Å². The van der Waals surface area contributed by atoms with Gasteiger partial charge in [0.1, 0.15) is 0 Å². The number of thioether (sulfide) groups is 1. The number of hydrogen-bond donors (Lipinski definition) is 1. The lowest BCUT2D eigenvalue weighted by molar-refractivity contribution is 0.0766. The van der Waals surface area contributed by atoms with Crippen LogP contribution < -0.4 is 5.32 Å². The number of thiophene rings is 1. The van der Waals surface area contributed by atoms with Gasteiger partial charge in [0.05, 0.1) is 0 Å². The molecule has 0 aromatic carbocycles. The lowest BCUT2D eigenvalue weighted by Gasteiger charge is -2.36. The van der Waals surface area contributed by atoms with Gasteiger partial charge in [0.25, 0.3) is 0 Å². The minimum atomic E-state index is 0.378. The van der Waals surface area contributed by atoms with Crippen molar-refractivity contribution < 1.29 is 4.74 Å². The van der Waals surface area contributed by atoms with Crippen molar-refractivity contribution in [3.63, 3.8) is 0 Å². The molecule has 1 saturated heterocycles. The first-order valence-corrected chi connectivity index (χ1v) is 8.31. The predicted octanol–water partition coefficient (Wildman–Crippen LogP) is 3.31. The number of rotatable bonds is 5. The SMILES string of the molecule is CSC1(CN[C@@H](C)c2ccsc2)CCOCC1. The molecule has 0 spiro atoms. The number of ether oxygens (including phenoxy) is 1. The maximum absolute atomic E-state index is 5.47. The Balaban J connectivity index is 1.87. The van der Waals surface area contributed by atoms with Crippen molar-refractivity contribution in [2.45, 2.75) is 30.6 Å². The van der Waals surface area contributed by atoms with Crippen LogP contribution in [-0.2, 0) is 4.74 Å². The van der Waals surface area contributed by atoms with Gasteiger partial charge in [-0.05, 0) is 48.4 Å². The van der Waals surface area contributed by atoms with E-state index in [1.807, 2.05) is 11.8 Å². The Morgan fingerprint density at radius 1 is 1.53 bits per heavy atom. The molecular weight excluding hydrogens is 250 g/mol. The first-order chi connectivity index (χ1) is 8.26. The molecule has 2 rings (SSSR count). The molecular formula is C13H21NOS2. The van der Waals surface area contributed by atoms with Gasteiger partial charge in [-0.15, -0.1) is 0 Å². The van der Waals surface area contributed by atoms with Crippen LogP contribution in [-0.4, -0.2) is 30.8 Å². The summed E-state index contributed by atoms with van der Waals surface area (Å²) in [7, 11) is 0. The summed E-state index contributed by atoms with van der Waals surface area (Å²) >= 11 is 3.76. The molecule has 0 saturated carbocycles. The summed E-state index contributed by atoms with van der Waals surface area (Å²) < 4.78 is 5.84. The minimum absolute atomic E-state index is 0.378. The smallest absolute Gasteiger partial charge is 0.0479 e. The summed E-state index contributed by atoms with van der Waals surface area (Å²) in [6.07, 6.45) is 4.55. The number of nitrogens with one attached hydrogen (secondary N) is 1. The van der Waals surface area contributed by atoms with Crippen molar-refractivity contribution in [1.82, 2.24) is 5.32 Å². The number of hydrogen-bond acceptors (Lipinski definition) is 4. The van der Waals surface area contributed by atoms with E-state index in [9.17, 15) is 0 Å². The van der Waals surface area contributed by atoms with Crippen LogP contribution in [0.15, 0.2) is 16.8 Å². The molecule has 1 fully saturated rings. The van der Waals surface area contributed by atoms with Crippen LogP contribution in [0.1, 0.15) is 31.4 Å². The largest absolute Gasteiger partial charge is 0.381 e. The van der Waals surface area contributed by atoms with Crippen LogP contribution in [0.25, 0.3) is 0 Å². The summed E-state index contributed by atoms with van der Waals surface area (Å²) in [6, 6.07) is 2.66. The maximum atomic E-state index is 5.47. The van der Waals surface area contributed by atoms with Crippen LogP contribution in [0, 0.1) is 0 Å². The second kappa shape index (κ2) is 6.23. The minimum Gasteiger partial charge on any atom is -0.381 e. The van der Waals surface area contributed by atoms with Crippen molar-refractivity contribution in [3.05, 3.63) is 22.4 Å². The molecule has 1 aliphatic heterocycles. The maximum Gasteiger partial charge on any atom is 0.0479 e. The molecule has 0 bridgehead atoms. The summed E-state index contributed by atoms with van der Waals surface area (Å²) in [5.41, 5.74) is 1.40. The second-order valence-electron chi connectivity index (χ2n) is 4.66. The van der Waals surface area contributed by atoms with Gasteiger partial charge in [-0.1, -0.05) is 0 Å². The highest BCUT2D eigenvalue weighted by molar-refractivity contribution is 8.00. The molecule has 0 radical (unpaired) electrons. The van der Waals surface area contributed by atoms with Crippen LogP contribution in [0.4, 0.5) is 0 Å². The van der Waals surface area contributed by atoms with E-state index in [-0.39, 0.29) is 0 Å². The monoisotopic (exact) mass is 271 g/mol. The van der Waals surface area contributed by atoms with Crippen LogP contribution >= 0.6 is 23.1 Å². The Hall–Kier alpha value is -0.0300. The van der Waals surface area contributed by atoms with Gasteiger partial charge >= 0.3 is 0 Å². The quantitative estimate of drug-likeness (QED) is 0.888. The van der Waals surface area contributed by atoms with Crippen LogP contribution in [0.5, 0.6) is 0 Å². The molecule has 0 aliphatic carbocycles. The standard InChI is InChI=1S/C13H21NOS2/c1-11(12-3-8-17-9-12)14-10-13(16-2)4-6-15-7-5-13/h3,8-9,11,14H,4-7,10H2,1-2H3/t11-/m0/s1. The van der Waals surface area contributed by atoms with Crippen molar-refractivity contribution >= 4 is 23.1 Å². The van der Waals surface area contributed by atoms with E-state index in [1.54, 1.807) is 11.3 Å². The summed E-state index contributed by atoms with van der Waals surface area (Å²) in [5, 5.41) is 8.05. The fourth-order valence-electron chi connectivity index (χ4n) is 2.17. The highest BCUT2D eigenvalue weighted by Gasteiger charge is 2.31. The zero-order valence-corrected chi connectivity index (χ0v) is 12.2. The zero-order valence-electron chi connectivity index (χ0n) is 10.6. The summed E-state index contributed by atoms with van der Waals surface area (Å²) in [4.78, 5) is 0. The average molecular weight is 271 g/mol. The molecule has 4 heteroatoms. The normalized spacial score (nSPS) is 21.3. The zero-order chi connectivity index (χ0) is 12.1. The van der Waals surface area contributed by atoms with Gasteiger partial charge in [-0.2, -0.15) is 23.1 Å². The fraction of sp³-hybridized carbons (Fsp3) is 0.692. The van der Waals surface area contributed by atoms with Crippen LogP contribution in [0.2, 0.25) is 0 Å². The molecule has 0 amide bonds. The third-order valence-corrected chi connectivity index (χ3v) is 5.73. The van der Waals surface area contributed by atoms with E-state index in [0.29, 0.717) is 10.8 Å². The van der Waals surface area contributed by atoms with E-state index in [1.165, 1.54) is 5.56 Å². The molecule has 1 aromatic heterocycles. The van der Waals surface area contributed by atoms with Crippen molar-refractivity contribution in [2.75, 3.05) is 26.0 Å². The lowest BCUT2D eigenvalue weighted by atomic mass is 9.98. The molecule has 2 heterocycles.